The molecule has 0 aliphatic rings. The van der Waals surface area contributed by atoms with Gasteiger partial charge in [-0.2, -0.15) is 0 Å². The Hall–Kier alpha value is -2.41. The minimum Gasteiger partial charge on any atom is -0.256 e. The van der Waals surface area contributed by atoms with Crippen molar-refractivity contribution in [3.63, 3.8) is 0 Å². The molecule has 0 atom stereocenters. The van der Waals surface area contributed by atoms with Crippen LogP contribution in [0.15, 0.2) is 79.0 Å². The lowest BCUT2D eigenvalue weighted by Gasteiger charge is -2.05. The highest BCUT2D eigenvalue weighted by Crippen LogP contribution is 2.18. The summed E-state index contributed by atoms with van der Waals surface area (Å²) in [6.07, 6.45) is 3.98. The van der Waals surface area contributed by atoms with Crippen LogP contribution < -0.4 is 0 Å². The lowest BCUT2D eigenvalue weighted by atomic mass is 10.0. The van der Waals surface area contributed by atoms with Crippen molar-refractivity contribution in [1.29, 1.82) is 0 Å². The molecule has 1 nitrogen and oxygen atoms in total. The molecule has 0 amide bonds. The fourth-order valence-electron chi connectivity index (χ4n) is 2.35. The van der Waals surface area contributed by atoms with E-state index >= 15 is 0 Å². The average molecular weight is 259 g/mol. The molecule has 1 aromatic heterocycles. The predicted octanol–water partition coefficient (Wildman–Crippen LogP) is 4.53. The highest BCUT2D eigenvalue weighted by molar-refractivity contribution is 5.59. The summed E-state index contributed by atoms with van der Waals surface area (Å²) >= 11 is 0. The number of nitrogens with zero attached hydrogens (tertiary/aromatic N) is 1. The van der Waals surface area contributed by atoms with Crippen LogP contribution in [0.2, 0.25) is 0 Å². The van der Waals surface area contributed by atoms with Crippen molar-refractivity contribution in [3.8, 4) is 11.3 Å². The molecule has 0 spiro atoms. The summed E-state index contributed by atoms with van der Waals surface area (Å²) in [4.78, 5) is 4.41. The van der Waals surface area contributed by atoms with Gasteiger partial charge in [0.25, 0.3) is 0 Å². The van der Waals surface area contributed by atoms with Crippen LogP contribution in [0.25, 0.3) is 11.3 Å². The van der Waals surface area contributed by atoms with Gasteiger partial charge in [-0.25, -0.2) is 0 Å². The Bertz CT molecular complexity index is 660. The molecule has 1 heterocycles. The molecule has 20 heavy (non-hydrogen) atoms. The smallest absolute Gasteiger partial charge is 0.0702 e. The lowest BCUT2D eigenvalue weighted by molar-refractivity contribution is 0.960. The molecule has 2 aromatic carbocycles. The molecule has 0 N–H and O–H groups in total. The average Bonchev–Trinajstić information content (AvgIpc) is 2.55. The third kappa shape index (κ3) is 3.12. The Kier molecular flexibility index (Phi) is 3.88. The third-order valence-electron chi connectivity index (χ3n) is 3.43. The van der Waals surface area contributed by atoms with Crippen molar-refractivity contribution >= 4 is 0 Å². The molecule has 3 aromatic rings. The number of hydrogen-bond acceptors (Lipinski definition) is 1. The summed E-state index contributed by atoms with van der Waals surface area (Å²) in [5.74, 6) is 0. The summed E-state index contributed by atoms with van der Waals surface area (Å²) in [6, 6.07) is 25.3. The second kappa shape index (κ2) is 6.16. The predicted molar refractivity (Wildman–Crippen MR) is 83.5 cm³/mol. The van der Waals surface area contributed by atoms with Gasteiger partial charge in [0, 0.05) is 11.8 Å². The maximum absolute atomic E-state index is 4.41. The van der Waals surface area contributed by atoms with Gasteiger partial charge < -0.3 is 0 Å². The van der Waals surface area contributed by atoms with E-state index < -0.39 is 0 Å². The maximum Gasteiger partial charge on any atom is 0.0702 e. The molecule has 1 heteroatoms. The Labute approximate surface area is 119 Å². The van der Waals surface area contributed by atoms with Gasteiger partial charge in [0.1, 0.15) is 0 Å². The van der Waals surface area contributed by atoms with Crippen molar-refractivity contribution < 1.29 is 0 Å². The van der Waals surface area contributed by atoms with Gasteiger partial charge in [-0.05, 0) is 42.2 Å². The molecule has 0 unspecified atom stereocenters. The Morgan fingerprint density at radius 1 is 0.650 bits per heavy atom. The van der Waals surface area contributed by atoms with Gasteiger partial charge in [0.2, 0.25) is 0 Å². The first kappa shape index (κ1) is 12.6. The number of hydrogen-bond donors (Lipinski definition) is 0. The van der Waals surface area contributed by atoms with E-state index in [0.717, 1.165) is 18.5 Å². The normalized spacial score (nSPS) is 10.4. The molecule has 98 valence electrons. The SMILES string of the molecule is c1ccc(CCc2cccc(-c3ccccn3)c2)cc1. The van der Waals surface area contributed by atoms with Gasteiger partial charge in [-0.15, -0.1) is 0 Å². The molecule has 0 fully saturated rings. The first-order valence-corrected chi connectivity index (χ1v) is 6.96. The van der Waals surface area contributed by atoms with Gasteiger partial charge in [0.05, 0.1) is 5.69 Å². The summed E-state index contributed by atoms with van der Waals surface area (Å²) in [5, 5.41) is 0. The van der Waals surface area contributed by atoms with Gasteiger partial charge >= 0.3 is 0 Å². The highest BCUT2D eigenvalue weighted by Gasteiger charge is 2.00. The van der Waals surface area contributed by atoms with Crippen LogP contribution in [0.1, 0.15) is 11.1 Å². The Morgan fingerprint density at radius 2 is 1.40 bits per heavy atom. The Morgan fingerprint density at radius 3 is 2.20 bits per heavy atom. The van der Waals surface area contributed by atoms with E-state index in [9.17, 15) is 0 Å². The fourth-order valence-corrected chi connectivity index (χ4v) is 2.35. The van der Waals surface area contributed by atoms with E-state index in [0.29, 0.717) is 0 Å². The highest BCUT2D eigenvalue weighted by atomic mass is 14.7. The second-order valence-corrected chi connectivity index (χ2v) is 4.90. The van der Waals surface area contributed by atoms with Crippen LogP contribution in [-0.4, -0.2) is 4.98 Å². The van der Waals surface area contributed by atoms with Crippen molar-refractivity contribution in [3.05, 3.63) is 90.1 Å². The van der Waals surface area contributed by atoms with Crippen molar-refractivity contribution in [2.75, 3.05) is 0 Å². The van der Waals surface area contributed by atoms with E-state index in [1.165, 1.54) is 16.7 Å². The minimum atomic E-state index is 1.04. The fraction of sp³-hybridized carbons (Fsp3) is 0.105. The topological polar surface area (TPSA) is 12.9 Å². The molecule has 0 aliphatic carbocycles. The number of pyridine rings is 1. The quantitative estimate of drug-likeness (QED) is 0.670. The van der Waals surface area contributed by atoms with Crippen LogP contribution in [0.4, 0.5) is 0 Å². The van der Waals surface area contributed by atoms with E-state index in [-0.39, 0.29) is 0 Å². The lowest BCUT2D eigenvalue weighted by Crippen LogP contribution is -1.92. The number of benzene rings is 2. The standard InChI is InChI=1S/C19H17N/c1-2-7-16(8-3-1)12-13-17-9-6-10-18(15-17)19-11-4-5-14-20-19/h1-11,14-15H,12-13H2. The molecule has 0 aliphatic heterocycles. The first-order valence-electron chi connectivity index (χ1n) is 6.96. The molecular weight excluding hydrogens is 242 g/mol. The van der Waals surface area contributed by atoms with Crippen LogP contribution in [0, 0.1) is 0 Å². The monoisotopic (exact) mass is 259 g/mol. The number of aromatic nitrogens is 1. The van der Waals surface area contributed by atoms with Crippen molar-refractivity contribution in [2.24, 2.45) is 0 Å². The Balaban J connectivity index is 1.75. The first-order chi connectivity index (χ1) is 9.92. The van der Waals surface area contributed by atoms with Gasteiger partial charge in [-0.1, -0.05) is 54.6 Å². The molecule has 0 saturated carbocycles. The minimum absolute atomic E-state index is 1.04. The zero-order chi connectivity index (χ0) is 13.6. The molecular formula is C19H17N. The summed E-state index contributed by atoms with van der Waals surface area (Å²) in [5.41, 5.74) is 4.97. The largest absolute Gasteiger partial charge is 0.256 e. The van der Waals surface area contributed by atoms with Gasteiger partial charge in [-0.3, -0.25) is 4.98 Å². The summed E-state index contributed by atoms with van der Waals surface area (Å²) in [7, 11) is 0. The third-order valence-corrected chi connectivity index (χ3v) is 3.43. The summed E-state index contributed by atoms with van der Waals surface area (Å²) < 4.78 is 0. The zero-order valence-corrected chi connectivity index (χ0v) is 11.4. The second-order valence-electron chi connectivity index (χ2n) is 4.90. The van der Waals surface area contributed by atoms with Crippen LogP contribution in [0.5, 0.6) is 0 Å². The molecule has 0 saturated heterocycles. The van der Waals surface area contributed by atoms with E-state index in [4.69, 9.17) is 0 Å². The van der Waals surface area contributed by atoms with Crippen LogP contribution >= 0.6 is 0 Å². The van der Waals surface area contributed by atoms with E-state index in [1.807, 2.05) is 18.3 Å². The molecule has 3 rings (SSSR count). The van der Waals surface area contributed by atoms with Gasteiger partial charge in [0.15, 0.2) is 0 Å². The van der Waals surface area contributed by atoms with Crippen LogP contribution in [0.3, 0.4) is 0 Å². The summed E-state index contributed by atoms with van der Waals surface area (Å²) in [6.45, 7) is 0. The maximum atomic E-state index is 4.41. The van der Waals surface area contributed by atoms with Crippen LogP contribution in [-0.2, 0) is 12.8 Å². The van der Waals surface area contributed by atoms with Crippen molar-refractivity contribution in [1.82, 2.24) is 4.98 Å². The van der Waals surface area contributed by atoms with E-state index in [2.05, 4.69) is 65.6 Å². The molecule has 0 radical (unpaired) electrons. The number of rotatable bonds is 4. The van der Waals surface area contributed by atoms with Crippen molar-refractivity contribution in [2.45, 2.75) is 12.8 Å². The molecule has 0 bridgehead atoms. The van der Waals surface area contributed by atoms with E-state index in [1.54, 1.807) is 0 Å². The zero-order valence-electron chi connectivity index (χ0n) is 11.4. The number of aryl methyl sites for hydroxylation is 2.